The molecular weight excluding hydrogens is 578 g/mol. The van der Waals surface area contributed by atoms with Gasteiger partial charge >= 0.3 is 5.97 Å². The summed E-state index contributed by atoms with van der Waals surface area (Å²) >= 11 is 6.19. The molecule has 0 radical (unpaired) electrons. The van der Waals surface area contributed by atoms with E-state index in [9.17, 15) is 23.3 Å². The van der Waals surface area contributed by atoms with Gasteiger partial charge in [-0.2, -0.15) is 9.57 Å². The summed E-state index contributed by atoms with van der Waals surface area (Å²) in [6.07, 6.45) is 2.49. The number of nitriles is 1. The second-order valence-electron chi connectivity index (χ2n) is 9.58. The third-order valence-corrected chi connectivity index (χ3v) is 9.04. The molecule has 1 saturated heterocycles. The van der Waals surface area contributed by atoms with Crippen LogP contribution in [0.2, 0.25) is 5.02 Å². The first-order valence-electron chi connectivity index (χ1n) is 13.2. The Morgan fingerprint density at radius 1 is 0.952 bits per heavy atom. The van der Waals surface area contributed by atoms with E-state index >= 15 is 0 Å². The molecule has 214 valence electrons. The second kappa shape index (κ2) is 12.6. The number of rotatable bonds is 8. The molecule has 4 aromatic rings. The Bertz CT molecular complexity index is 1760. The molecule has 0 atom stereocenters. The fraction of sp³-hybridized carbons (Fsp3) is 0.194. The number of anilines is 1. The third kappa shape index (κ3) is 6.09. The van der Waals surface area contributed by atoms with Gasteiger partial charge in [-0.05, 0) is 36.6 Å². The summed E-state index contributed by atoms with van der Waals surface area (Å²) in [5.41, 5.74) is 1.86. The fourth-order valence-electron chi connectivity index (χ4n) is 4.75. The quantitative estimate of drug-likeness (QED) is 0.241. The van der Waals surface area contributed by atoms with Gasteiger partial charge < -0.3 is 9.15 Å². The van der Waals surface area contributed by atoms with Crippen LogP contribution >= 0.6 is 11.6 Å². The van der Waals surface area contributed by atoms with E-state index in [1.165, 1.54) is 16.4 Å². The van der Waals surface area contributed by atoms with Crippen LogP contribution in [0, 0.1) is 11.3 Å². The number of benzene rings is 3. The Hall–Kier alpha value is -4.43. The van der Waals surface area contributed by atoms with Gasteiger partial charge in [-0.25, -0.2) is 13.2 Å². The van der Waals surface area contributed by atoms with Gasteiger partial charge in [-0.15, -0.1) is 0 Å². The lowest BCUT2D eigenvalue weighted by molar-refractivity contribution is -0.119. The van der Waals surface area contributed by atoms with E-state index in [2.05, 4.69) is 11.4 Å². The molecule has 1 N–H and O–H groups in total. The normalized spacial score (nSPS) is 13.7. The number of sulfonamides is 1. The zero-order valence-electron chi connectivity index (χ0n) is 22.4. The summed E-state index contributed by atoms with van der Waals surface area (Å²) in [5.74, 6) is -1.44. The lowest BCUT2D eigenvalue weighted by Gasteiger charge is -2.26. The standard InChI is InChI=1S/C31H26ClN3O6S/c32-26-15-14-23(42(38,39)35-16-8-3-9-17-35)18-24(26)31(37)40-20-27(36)34-30-25(19-33)28(21-10-4-1-5-11-21)29(41-30)22-12-6-2-7-13-22/h1-2,4-7,10-15,18H,3,8-9,16-17,20H2,(H,34,36). The summed E-state index contributed by atoms with van der Waals surface area (Å²) in [6.45, 7) is 0.0753. The molecule has 1 fully saturated rings. The predicted octanol–water partition coefficient (Wildman–Crippen LogP) is 6.11. The minimum absolute atomic E-state index is 0.0178. The molecule has 1 amide bonds. The lowest BCUT2D eigenvalue weighted by Crippen LogP contribution is -2.35. The summed E-state index contributed by atoms with van der Waals surface area (Å²) in [7, 11) is -3.82. The molecule has 0 bridgehead atoms. The number of nitrogens with zero attached hydrogens (tertiary/aromatic N) is 2. The fourth-order valence-corrected chi connectivity index (χ4v) is 6.48. The number of carbonyl (C=O) groups excluding carboxylic acids is 2. The predicted molar refractivity (Wildman–Crippen MR) is 157 cm³/mol. The van der Waals surface area contributed by atoms with Crippen LogP contribution in [0.1, 0.15) is 35.2 Å². The molecule has 0 saturated carbocycles. The largest absolute Gasteiger partial charge is 0.452 e. The highest BCUT2D eigenvalue weighted by Crippen LogP contribution is 2.41. The maximum Gasteiger partial charge on any atom is 0.340 e. The first-order valence-corrected chi connectivity index (χ1v) is 15.1. The van der Waals surface area contributed by atoms with Crippen molar-refractivity contribution in [2.45, 2.75) is 24.2 Å². The van der Waals surface area contributed by atoms with Gasteiger partial charge in [0, 0.05) is 24.2 Å². The number of nitrogens with one attached hydrogen (secondary N) is 1. The Balaban J connectivity index is 1.34. The lowest BCUT2D eigenvalue weighted by atomic mass is 9.98. The zero-order chi connectivity index (χ0) is 29.7. The summed E-state index contributed by atoms with van der Waals surface area (Å²) in [5, 5.41) is 12.5. The average Bonchev–Trinajstić information content (AvgIpc) is 3.39. The number of carbonyl (C=O) groups is 2. The smallest absolute Gasteiger partial charge is 0.340 e. The minimum atomic E-state index is -3.82. The number of ether oxygens (including phenoxy) is 1. The van der Waals surface area contributed by atoms with E-state index < -0.39 is 28.5 Å². The second-order valence-corrected chi connectivity index (χ2v) is 11.9. The highest BCUT2D eigenvalue weighted by molar-refractivity contribution is 7.89. The van der Waals surface area contributed by atoms with Crippen LogP contribution < -0.4 is 5.32 Å². The van der Waals surface area contributed by atoms with Crippen LogP contribution in [0.4, 0.5) is 5.88 Å². The topological polar surface area (TPSA) is 130 Å². The van der Waals surface area contributed by atoms with Crippen LogP contribution in [-0.2, 0) is 19.6 Å². The van der Waals surface area contributed by atoms with E-state index in [-0.39, 0.29) is 26.9 Å². The number of halogens is 1. The number of hydrogen-bond acceptors (Lipinski definition) is 7. The van der Waals surface area contributed by atoms with Crippen molar-refractivity contribution >= 4 is 39.4 Å². The van der Waals surface area contributed by atoms with E-state index in [4.69, 9.17) is 20.8 Å². The van der Waals surface area contributed by atoms with Crippen LogP contribution in [0.25, 0.3) is 22.5 Å². The van der Waals surface area contributed by atoms with Gasteiger partial charge in [0.05, 0.1) is 15.5 Å². The van der Waals surface area contributed by atoms with Crippen LogP contribution in [0.3, 0.4) is 0 Å². The molecule has 3 aromatic carbocycles. The van der Waals surface area contributed by atoms with Gasteiger partial charge in [0.15, 0.2) is 6.61 Å². The number of esters is 1. The maximum atomic E-state index is 13.1. The monoisotopic (exact) mass is 603 g/mol. The first kappa shape index (κ1) is 29.1. The molecule has 11 heteroatoms. The molecule has 42 heavy (non-hydrogen) atoms. The van der Waals surface area contributed by atoms with Crippen molar-refractivity contribution in [3.63, 3.8) is 0 Å². The summed E-state index contributed by atoms with van der Waals surface area (Å²) < 4.78 is 38.7. The van der Waals surface area contributed by atoms with E-state index in [0.717, 1.165) is 30.9 Å². The average molecular weight is 604 g/mol. The van der Waals surface area contributed by atoms with Crippen molar-refractivity contribution < 1.29 is 27.2 Å². The van der Waals surface area contributed by atoms with Crippen molar-refractivity contribution in [3.05, 3.63) is 95.0 Å². The SMILES string of the molecule is N#Cc1c(NC(=O)COC(=O)c2cc(S(=O)(=O)N3CCCCC3)ccc2Cl)oc(-c2ccccc2)c1-c1ccccc1. The number of furan rings is 1. The van der Waals surface area contributed by atoms with Crippen LogP contribution in [-0.4, -0.2) is 44.3 Å². The number of piperidine rings is 1. The number of amides is 1. The van der Waals surface area contributed by atoms with Crippen molar-refractivity contribution in [1.29, 1.82) is 5.26 Å². The Morgan fingerprint density at radius 2 is 1.60 bits per heavy atom. The zero-order valence-corrected chi connectivity index (χ0v) is 24.0. The highest BCUT2D eigenvalue weighted by Gasteiger charge is 2.28. The Morgan fingerprint density at radius 3 is 2.24 bits per heavy atom. The molecule has 9 nitrogen and oxygen atoms in total. The van der Waals surface area contributed by atoms with Gasteiger partial charge in [0.1, 0.15) is 17.4 Å². The third-order valence-electron chi connectivity index (χ3n) is 6.82. The van der Waals surface area contributed by atoms with Crippen molar-refractivity contribution in [2.24, 2.45) is 0 Å². The van der Waals surface area contributed by atoms with Gasteiger partial charge in [-0.1, -0.05) is 78.7 Å². The van der Waals surface area contributed by atoms with Crippen molar-refractivity contribution in [1.82, 2.24) is 4.31 Å². The molecule has 1 aliphatic rings. The van der Waals surface area contributed by atoms with Crippen LogP contribution in [0.5, 0.6) is 0 Å². The molecule has 0 unspecified atom stereocenters. The minimum Gasteiger partial charge on any atom is -0.452 e. The molecule has 1 aliphatic heterocycles. The molecule has 5 rings (SSSR count). The summed E-state index contributed by atoms with van der Waals surface area (Å²) in [4.78, 5) is 25.6. The van der Waals surface area contributed by atoms with Gasteiger partial charge in [-0.3, -0.25) is 10.1 Å². The summed E-state index contributed by atoms with van der Waals surface area (Å²) in [6, 6.07) is 24.2. The van der Waals surface area contributed by atoms with E-state index in [1.807, 2.05) is 60.7 Å². The van der Waals surface area contributed by atoms with Crippen molar-refractivity contribution in [2.75, 3.05) is 25.0 Å². The van der Waals surface area contributed by atoms with E-state index in [1.54, 1.807) is 0 Å². The van der Waals surface area contributed by atoms with Crippen LogP contribution in [0.15, 0.2) is 88.2 Å². The Labute approximate surface area is 248 Å². The van der Waals surface area contributed by atoms with E-state index in [0.29, 0.717) is 30.0 Å². The molecule has 2 heterocycles. The van der Waals surface area contributed by atoms with Gasteiger partial charge in [0.25, 0.3) is 5.91 Å². The molecule has 0 spiro atoms. The van der Waals surface area contributed by atoms with Gasteiger partial charge in [0.2, 0.25) is 15.9 Å². The Kier molecular flexibility index (Phi) is 8.73. The highest BCUT2D eigenvalue weighted by atomic mass is 35.5. The number of hydrogen-bond donors (Lipinski definition) is 1. The maximum absolute atomic E-state index is 13.1. The molecule has 1 aromatic heterocycles. The van der Waals surface area contributed by atoms with Crippen molar-refractivity contribution in [3.8, 4) is 28.5 Å². The molecule has 0 aliphatic carbocycles. The molecular formula is C31H26ClN3O6S. The first-order chi connectivity index (χ1) is 20.3.